The van der Waals surface area contributed by atoms with Crippen LogP contribution in [0.2, 0.25) is 5.02 Å². The second-order valence-electron chi connectivity index (χ2n) is 1.56. The lowest BCUT2D eigenvalue weighted by molar-refractivity contribution is 1.77. The van der Waals surface area contributed by atoms with Crippen LogP contribution in [-0.4, -0.2) is 0 Å². The maximum Gasteiger partial charge on any atom is 0.0412 e. The molecule has 1 aromatic rings. The summed E-state index contributed by atoms with van der Waals surface area (Å²) in [5.74, 6) is 0. The van der Waals surface area contributed by atoms with Crippen LogP contribution in [0.5, 0.6) is 0 Å². The Hall–Kier alpha value is 0.520. The molecule has 0 aliphatic heterocycles. The zero-order chi connectivity index (χ0) is 5.98. The van der Waals surface area contributed by atoms with Gasteiger partial charge in [-0.15, -0.1) is 34.1 Å². The normalized spacial score (nSPS) is 7.40. The summed E-state index contributed by atoms with van der Waals surface area (Å²) in [6, 6.07) is 7.66. The molecule has 0 saturated carbocycles. The van der Waals surface area contributed by atoms with Crippen LogP contribution < -0.4 is 5.30 Å². The van der Waals surface area contributed by atoms with E-state index >= 15 is 0 Å². The molecule has 0 nitrogen and oxygen atoms in total. The molecule has 4 heteroatoms. The van der Waals surface area contributed by atoms with Crippen molar-refractivity contribution >= 4 is 51.0 Å². The molecule has 0 heterocycles. The molecule has 1 aromatic carbocycles. The summed E-state index contributed by atoms with van der Waals surface area (Å²) in [6.45, 7) is 0. The standard InChI is InChI=1S/C6H6ClP.2ClH/c7-5-2-1-3-6(8)4-5;;/h1-4H,8H2;2*1H. The van der Waals surface area contributed by atoms with Gasteiger partial charge in [-0.1, -0.05) is 23.7 Å². The first-order valence-electron chi connectivity index (χ1n) is 2.30. The molecule has 1 atom stereocenters. The van der Waals surface area contributed by atoms with Gasteiger partial charge in [0, 0.05) is 5.02 Å². The van der Waals surface area contributed by atoms with Gasteiger partial charge in [0.2, 0.25) is 0 Å². The predicted octanol–water partition coefficient (Wildman–Crippen LogP) is 2.68. The van der Waals surface area contributed by atoms with Crippen LogP contribution in [0.1, 0.15) is 0 Å². The first-order chi connectivity index (χ1) is 3.79. The molecular formula is C6H8Cl3P. The highest BCUT2D eigenvalue weighted by Crippen LogP contribution is 2.04. The molecule has 0 bridgehead atoms. The van der Waals surface area contributed by atoms with Crippen molar-refractivity contribution in [3.63, 3.8) is 0 Å². The van der Waals surface area contributed by atoms with Crippen molar-refractivity contribution in [2.45, 2.75) is 0 Å². The Morgan fingerprint density at radius 3 is 2.10 bits per heavy atom. The summed E-state index contributed by atoms with van der Waals surface area (Å²) in [7, 11) is 2.58. The van der Waals surface area contributed by atoms with E-state index in [1.807, 2.05) is 24.3 Å². The minimum absolute atomic E-state index is 0. The van der Waals surface area contributed by atoms with Crippen LogP contribution in [0.4, 0.5) is 0 Å². The smallest absolute Gasteiger partial charge is 0.0412 e. The Labute approximate surface area is 80.4 Å². The fraction of sp³-hybridized carbons (Fsp3) is 0. The Morgan fingerprint density at radius 2 is 1.80 bits per heavy atom. The Morgan fingerprint density at radius 1 is 1.20 bits per heavy atom. The predicted molar refractivity (Wildman–Crippen MR) is 55.3 cm³/mol. The summed E-state index contributed by atoms with van der Waals surface area (Å²) in [5, 5.41) is 1.91. The second kappa shape index (κ2) is 6.24. The minimum Gasteiger partial charge on any atom is -0.147 e. The summed E-state index contributed by atoms with van der Waals surface area (Å²) < 4.78 is 0. The van der Waals surface area contributed by atoms with Crippen molar-refractivity contribution in [2.75, 3.05) is 0 Å². The molecule has 0 amide bonds. The van der Waals surface area contributed by atoms with Gasteiger partial charge in [-0.25, -0.2) is 0 Å². The lowest BCUT2D eigenvalue weighted by Gasteiger charge is -1.88. The molecule has 0 N–H and O–H groups in total. The van der Waals surface area contributed by atoms with Crippen LogP contribution in [0.15, 0.2) is 24.3 Å². The van der Waals surface area contributed by atoms with Gasteiger partial charge in [0.05, 0.1) is 0 Å². The largest absolute Gasteiger partial charge is 0.147 e. The zero-order valence-corrected chi connectivity index (χ0v) is 8.62. The third-order valence-corrected chi connectivity index (χ3v) is 1.44. The van der Waals surface area contributed by atoms with E-state index in [-0.39, 0.29) is 24.8 Å². The van der Waals surface area contributed by atoms with Gasteiger partial charge in [-0.05, 0) is 17.4 Å². The van der Waals surface area contributed by atoms with E-state index < -0.39 is 0 Å². The van der Waals surface area contributed by atoms with Gasteiger partial charge in [0.25, 0.3) is 0 Å². The fourth-order valence-electron chi connectivity index (χ4n) is 0.507. The first-order valence-corrected chi connectivity index (χ1v) is 3.25. The number of hydrogen-bond acceptors (Lipinski definition) is 0. The lowest BCUT2D eigenvalue weighted by atomic mass is 10.4. The number of rotatable bonds is 0. The molecule has 58 valence electrons. The van der Waals surface area contributed by atoms with Crippen molar-refractivity contribution < 1.29 is 0 Å². The van der Waals surface area contributed by atoms with Crippen LogP contribution in [0.3, 0.4) is 0 Å². The molecule has 1 rings (SSSR count). The van der Waals surface area contributed by atoms with Gasteiger partial charge >= 0.3 is 0 Å². The lowest BCUT2D eigenvalue weighted by Crippen LogP contribution is -1.84. The number of halogens is 3. The van der Waals surface area contributed by atoms with E-state index in [0.29, 0.717) is 0 Å². The summed E-state index contributed by atoms with van der Waals surface area (Å²) >= 11 is 5.63. The topological polar surface area (TPSA) is 0 Å². The third kappa shape index (κ3) is 4.35. The van der Waals surface area contributed by atoms with Gasteiger partial charge < -0.3 is 0 Å². The van der Waals surface area contributed by atoms with Crippen LogP contribution >= 0.6 is 45.7 Å². The SMILES string of the molecule is Cl.Cl.Pc1cccc(Cl)c1. The van der Waals surface area contributed by atoms with Gasteiger partial charge in [-0.2, -0.15) is 0 Å². The van der Waals surface area contributed by atoms with E-state index in [0.717, 1.165) is 10.3 Å². The molecule has 0 spiro atoms. The number of hydrogen-bond donors (Lipinski definition) is 0. The summed E-state index contributed by atoms with van der Waals surface area (Å²) in [6.07, 6.45) is 0. The molecule has 0 saturated heterocycles. The quantitative estimate of drug-likeness (QED) is 0.586. The van der Waals surface area contributed by atoms with Crippen molar-refractivity contribution in [2.24, 2.45) is 0 Å². The highest BCUT2D eigenvalue weighted by molar-refractivity contribution is 7.27. The maximum absolute atomic E-state index is 5.63. The van der Waals surface area contributed by atoms with E-state index in [4.69, 9.17) is 11.6 Å². The number of benzene rings is 1. The monoisotopic (exact) mass is 216 g/mol. The summed E-state index contributed by atoms with van der Waals surface area (Å²) in [5.41, 5.74) is 0. The molecule has 0 aromatic heterocycles. The van der Waals surface area contributed by atoms with Gasteiger partial charge in [-0.3, -0.25) is 0 Å². The zero-order valence-electron chi connectivity index (χ0n) is 5.08. The molecule has 10 heavy (non-hydrogen) atoms. The third-order valence-electron chi connectivity index (χ3n) is 0.849. The van der Waals surface area contributed by atoms with Crippen molar-refractivity contribution in [1.82, 2.24) is 0 Å². The van der Waals surface area contributed by atoms with E-state index in [9.17, 15) is 0 Å². The first kappa shape index (κ1) is 13.1. The van der Waals surface area contributed by atoms with E-state index in [2.05, 4.69) is 9.24 Å². The Balaban J connectivity index is 0. The molecular weight excluding hydrogens is 209 g/mol. The molecule has 0 aliphatic carbocycles. The van der Waals surface area contributed by atoms with Gasteiger partial charge in [0.1, 0.15) is 0 Å². The Kier molecular flexibility index (Phi) is 8.20. The van der Waals surface area contributed by atoms with E-state index in [1.54, 1.807) is 0 Å². The Bertz CT molecular complexity index is 173. The highest BCUT2D eigenvalue weighted by atomic mass is 35.5. The maximum atomic E-state index is 5.63. The van der Waals surface area contributed by atoms with E-state index in [1.165, 1.54) is 0 Å². The van der Waals surface area contributed by atoms with Crippen molar-refractivity contribution in [3.05, 3.63) is 29.3 Å². The molecule has 1 unspecified atom stereocenters. The van der Waals surface area contributed by atoms with Crippen molar-refractivity contribution in [1.29, 1.82) is 0 Å². The highest BCUT2D eigenvalue weighted by Gasteiger charge is 1.83. The fourth-order valence-corrected chi connectivity index (χ4v) is 1.10. The average molecular weight is 217 g/mol. The minimum atomic E-state index is 0. The van der Waals surface area contributed by atoms with Crippen LogP contribution in [-0.2, 0) is 0 Å². The molecule has 0 fully saturated rings. The molecule has 0 radical (unpaired) electrons. The summed E-state index contributed by atoms with van der Waals surface area (Å²) in [4.78, 5) is 0. The molecule has 0 aliphatic rings. The second-order valence-corrected chi connectivity index (χ2v) is 2.66. The average Bonchev–Trinajstić information content (AvgIpc) is 1.64. The van der Waals surface area contributed by atoms with Crippen LogP contribution in [0.25, 0.3) is 0 Å². The van der Waals surface area contributed by atoms with Crippen LogP contribution in [0, 0.1) is 0 Å². The van der Waals surface area contributed by atoms with Crippen molar-refractivity contribution in [3.8, 4) is 0 Å². The van der Waals surface area contributed by atoms with Gasteiger partial charge in [0.15, 0.2) is 0 Å².